The zero-order valence-electron chi connectivity index (χ0n) is 11.8. The molecule has 2 rings (SSSR count). The maximum Gasteiger partial charge on any atom is 0.239 e. The van der Waals surface area contributed by atoms with Gasteiger partial charge in [-0.05, 0) is 23.7 Å². The van der Waals surface area contributed by atoms with Crippen molar-refractivity contribution < 1.29 is 8.42 Å². The van der Waals surface area contributed by atoms with Crippen LogP contribution in [0.15, 0.2) is 42.7 Å². The summed E-state index contributed by atoms with van der Waals surface area (Å²) in [5.74, 6) is -0.0199. The Morgan fingerprint density at radius 3 is 2.29 bits per heavy atom. The Hall–Kier alpha value is -1.99. The van der Waals surface area contributed by atoms with Crippen LogP contribution in [-0.2, 0) is 22.3 Å². The van der Waals surface area contributed by atoms with Gasteiger partial charge in [0.15, 0.2) is 0 Å². The number of nitrogens with one attached hydrogen (secondary N) is 2. The summed E-state index contributed by atoms with van der Waals surface area (Å²) in [4.78, 5) is 7.69. The maximum absolute atomic E-state index is 12.0. The summed E-state index contributed by atoms with van der Waals surface area (Å²) in [5, 5.41) is 3.22. The van der Waals surface area contributed by atoms with Crippen LogP contribution in [0, 0.1) is 0 Å². The Bertz CT molecular complexity index is 657. The highest BCUT2D eigenvalue weighted by Gasteiger charge is 2.12. The summed E-state index contributed by atoms with van der Waals surface area (Å²) in [7, 11) is -3.51. The van der Waals surface area contributed by atoms with Gasteiger partial charge >= 0.3 is 0 Å². The average Bonchev–Trinajstić information content (AvgIpc) is 2.47. The van der Waals surface area contributed by atoms with E-state index >= 15 is 0 Å². The minimum absolute atomic E-state index is 0.0845. The Kier molecular flexibility index (Phi) is 5.24. The second-order valence-corrected chi connectivity index (χ2v) is 6.25. The molecule has 0 aliphatic carbocycles. The number of nitrogens with zero attached hydrogens (tertiary/aromatic N) is 2. The monoisotopic (exact) mass is 306 g/mol. The number of hydrogen-bond donors (Lipinski definition) is 2. The molecule has 0 saturated heterocycles. The van der Waals surface area contributed by atoms with Crippen molar-refractivity contribution in [2.75, 3.05) is 11.3 Å². The van der Waals surface area contributed by atoms with Gasteiger partial charge in [-0.15, -0.1) is 0 Å². The van der Waals surface area contributed by atoms with E-state index in [1.165, 1.54) is 12.4 Å². The zero-order valence-corrected chi connectivity index (χ0v) is 12.6. The summed E-state index contributed by atoms with van der Waals surface area (Å²) in [6.45, 7) is 3.72. The van der Waals surface area contributed by atoms with Crippen LogP contribution in [0.4, 0.5) is 5.95 Å². The highest BCUT2D eigenvalue weighted by Crippen LogP contribution is 2.10. The van der Waals surface area contributed by atoms with Gasteiger partial charge in [-0.1, -0.05) is 31.2 Å². The molecule has 112 valence electrons. The van der Waals surface area contributed by atoms with Gasteiger partial charge in [0.25, 0.3) is 0 Å². The van der Waals surface area contributed by atoms with Crippen molar-refractivity contribution >= 4 is 16.0 Å². The molecule has 0 fully saturated rings. The molecule has 0 atom stereocenters. The van der Waals surface area contributed by atoms with Crippen LogP contribution in [0.25, 0.3) is 0 Å². The predicted octanol–water partition coefficient (Wildman–Crippen LogP) is 1.53. The number of rotatable bonds is 7. The molecule has 21 heavy (non-hydrogen) atoms. The summed E-state index contributed by atoms with van der Waals surface area (Å²) < 4.78 is 26.4. The first-order chi connectivity index (χ1) is 10.1. The first-order valence-electron chi connectivity index (χ1n) is 6.65. The van der Waals surface area contributed by atoms with E-state index in [0.29, 0.717) is 0 Å². The van der Waals surface area contributed by atoms with Gasteiger partial charge < -0.3 is 5.32 Å². The van der Waals surface area contributed by atoms with E-state index in [4.69, 9.17) is 0 Å². The minimum atomic E-state index is -3.51. The molecule has 2 aromatic rings. The fourth-order valence-electron chi connectivity index (χ4n) is 1.77. The van der Waals surface area contributed by atoms with Gasteiger partial charge in [0.05, 0.1) is 5.75 Å². The van der Waals surface area contributed by atoms with Gasteiger partial charge in [-0.25, -0.2) is 18.4 Å². The molecule has 1 aromatic heterocycles. The quantitative estimate of drug-likeness (QED) is 0.810. The molecule has 0 aliphatic rings. The number of sulfonamides is 1. The third-order valence-electron chi connectivity index (χ3n) is 2.77. The molecule has 0 bridgehead atoms. The van der Waals surface area contributed by atoms with Crippen LogP contribution in [0.1, 0.15) is 18.1 Å². The van der Waals surface area contributed by atoms with Gasteiger partial charge in [0.1, 0.15) is 0 Å². The Morgan fingerprint density at radius 1 is 1.05 bits per heavy atom. The minimum Gasteiger partial charge on any atom is -0.313 e. The molecule has 0 saturated carbocycles. The number of hydrogen-bond acceptors (Lipinski definition) is 5. The van der Waals surface area contributed by atoms with Crippen LogP contribution in [0.3, 0.4) is 0 Å². The van der Waals surface area contributed by atoms with Crippen LogP contribution in [-0.4, -0.2) is 24.9 Å². The van der Waals surface area contributed by atoms with E-state index in [9.17, 15) is 8.42 Å². The van der Waals surface area contributed by atoms with E-state index in [1.807, 2.05) is 31.2 Å². The average molecular weight is 306 g/mol. The van der Waals surface area contributed by atoms with Gasteiger partial charge in [0.2, 0.25) is 16.0 Å². The van der Waals surface area contributed by atoms with E-state index in [-0.39, 0.29) is 11.7 Å². The van der Waals surface area contributed by atoms with Crippen molar-refractivity contribution in [3.05, 3.63) is 53.9 Å². The summed E-state index contributed by atoms with van der Waals surface area (Å²) in [6, 6.07) is 9.11. The number of anilines is 1. The predicted molar refractivity (Wildman–Crippen MR) is 82.1 cm³/mol. The molecular formula is C14H18N4O2S. The molecule has 7 heteroatoms. The first-order valence-corrected chi connectivity index (χ1v) is 8.30. The van der Waals surface area contributed by atoms with Gasteiger partial charge in [-0.2, -0.15) is 0 Å². The molecule has 0 unspecified atom stereocenters. The number of benzene rings is 1. The molecule has 0 spiro atoms. The molecule has 2 N–H and O–H groups in total. The molecule has 0 aliphatic heterocycles. The lowest BCUT2D eigenvalue weighted by Gasteiger charge is -2.07. The highest BCUT2D eigenvalue weighted by atomic mass is 32.2. The summed E-state index contributed by atoms with van der Waals surface area (Å²) >= 11 is 0. The smallest absolute Gasteiger partial charge is 0.239 e. The fourth-order valence-corrected chi connectivity index (χ4v) is 2.86. The largest absolute Gasteiger partial charge is 0.313 e. The van der Waals surface area contributed by atoms with Gasteiger partial charge in [0, 0.05) is 18.9 Å². The van der Waals surface area contributed by atoms with Crippen molar-refractivity contribution in [1.82, 2.24) is 15.3 Å². The second-order valence-electron chi connectivity index (χ2n) is 4.53. The lowest BCUT2D eigenvalue weighted by Crippen LogP contribution is -2.17. The van der Waals surface area contributed by atoms with Crippen LogP contribution >= 0.6 is 0 Å². The lowest BCUT2D eigenvalue weighted by atomic mass is 10.1. The summed E-state index contributed by atoms with van der Waals surface area (Å²) in [6.07, 6.45) is 2.97. The first kappa shape index (κ1) is 15.4. The Morgan fingerprint density at radius 2 is 1.67 bits per heavy atom. The zero-order chi connectivity index (χ0) is 15.1. The SMILES string of the molecule is CCNCc1ccc(CS(=O)(=O)Nc2ncccn2)cc1. The normalized spacial score (nSPS) is 11.3. The van der Waals surface area contributed by atoms with Crippen LogP contribution in [0.2, 0.25) is 0 Å². The van der Waals surface area contributed by atoms with Crippen molar-refractivity contribution in [2.24, 2.45) is 0 Å². The Labute approximate surface area is 124 Å². The molecule has 1 heterocycles. The fraction of sp³-hybridized carbons (Fsp3) is 0.286. The molecule has 0 amide bonds. The van der Waals surface area contributed by atoms with Crippen LogP contribution in [0.5, 0.6) is 0 Å². The standard InChI is InChI=1S/C14H18N4O2S/c1-2-15-10-12-4-6-13(7-5-12)11-21(19,20)18-14-16-8-3-9-17-14/h3-9,15H,2,10-11H2,1H3,(H,16,17,18). The molecule has 0 radical (unpaired) electrons. The van der Waals surface area contributed by atoms with Crippen molar-refractivity contribution in [1.29, 1.82) is 0 Å². The maximum atomic E-state index is 12.0. The lowest BCUT2D eigenvalue weighted by molar-refractivity contribution is 0.600. The Balaban J connectivity index is 2.00. The molecular weight excluding hydrogens is 288 g/mol. The van der Waals surface area contributed by atoms with Crippen molar-refractivity contribution in [2.45, 2.75) is 19.2 Å². The van der Waals surface area contributed by atoms with E-state index in [1.54, 1.807) is 6.07 Å². The number of aromatic nitrogens is 2. The molecule has 6 nitrogen and oxygen atoms in total. The van der Waals surface area contributed by atoms with Gasteiger partial charge in [-0.3, -0.25) is 4.72 Å². The van der Waals surface area contributed by atoms with Crippen molar-refractivity contribution in [3.63, 3.8) is 0 Å². The van der Waals surface area contributed by atoms with Crippen molar-refractivity contribution in [3.8, 4) is 0 Å². The highest BCUT2D eigenvalue weighted by molar-refractivity contribution is 7.91. The third kappa shape index (κ3) is 5.13. The second kappa shape index (κ2) is 7.14. The van der Waals surface area contributed by atoms with E-state index in [2.05, 4.69) is 20.0 Å². The van der Waals surface area contributed by atoms with E-state index in [0.717, 1.165) is 24.2 Å². The molecule has 1 aromatic carbocycles. The summed E-state index contributed by atoms with van der Waals surface area (Å²) in [5.41, 5.74) is 1.84. The van der Waals surface area contributed by atoms with E-state index < -0.39 is 10.0 Å². The third-order valence-corrected chi connectivity index (χ3v) is 3.98. The van der Waals surface area contributed by atoms with Crippen LogP contribution < -0.4 is 10.0 Å². The topological polar surface area (TPSA) is 84.0 Å².